The van der Waals surface area contributed by atoms with Gasteiger partial charge in [0.1, 0.15) is 5.69 Å². The number of carbonyl (C=O) groups excluding carboxylic acids is 1. The molecular formula is C14H17N3O2. The molecule has 1 atom stereocenters. The van der Waals surface area contributed by atoms with E-state index in [1.54, 1.807) is 31.1 Å². The predicted molar refractivity (Wildman–Crippen MR) is 71.6 cm³/mol. The van der Waals surface area contributed by atoms with E-state index in [4.69, 9.17) is 0 Å². The van der Waals surface area contributed by atoms with Crippen LogP contribution in [-0.2, 0) is 12.6 Å². The smallest absolute Gasteiger partial charge is 0.272 e. The van der Waals surface area contributed by atoms with Crippen LogP contribution >= 0.6 is 0 Å². The third-order valence-electron chi connectivity index (χ3n) is 3.05. The normalized spacial score (nSPS) is 13.8. The number of amides is 1. The van der Waals surface area contributed by atoms with E-state index in [1.807, 2.05) is 30.3 Å². The van der Waals surface area contributed by atoms with Gasteiger partial charge < -0.3 is 15.0 Å². The van der Waals surface area contributed by atoms with Gasteiger partial charge in [-0.2, -0.15) is 0 Å². The second-order valence-corrected chi connectivity index (χ2v) is 4.73. The van der Waals surface area contributed by atoms with Gasteiger partial charge in [-0.3, -0.25) is 4.79 Å². The first kappa shape index (κ1) is 13.3. The highest BCUT2D eigenvalue weighted by Crippen LogP contribution is 2.20. The van der Waals surface area contributed by atoms with Crippen LogP contribution in [-0.4, -0.2) is 27.2 Å². The topological polar surface area (TPSA) is 67.2 Å². The number of aryl methyl sites for hydroxylation is 1. The zero-order chi connectivity index (χ0) is 13.9. The van der Waals surface area contributed by atoms with Crippen molar-refractivity contribution in [2.75, 3.05) is 6.61 Å². The van der Waals surface area contributed by atoms with Crippen molar-refractivity contribution < 1.29 is 9.90 Å². The molecule has 100 valence electrons. The highest BCUT2D eigenvalue weighted by molar-refractivity contribution is 5.92. The molecule has 1 heterocycles. The maximum Gasteiger partial charge on any atom is 0.272 e. The molecule has 0 bridgehead atoms. The SMILES string of the molecule is Cn1cnc(C(=O)NC(C)(CO)c2ccccc2)c1. The molecular weight excluding hydrogens is 242 g/mol. The maximum atomic E-state index is 12.1. The highest BCUT2D eigenvalue weighted by atomic mass is 16.3. The second kappa shape index (κ2) is 5.24. The molecule has 19 heavy (non-hydrogen) atoms. The molecule has 0 spiro atoms. The Balaban J connectivity index is 2.22. The number of carbonyl (C=O) groups is 1. The first-order valence-electron chi connectivity index (χ1n) is 6.02. The molecule has 1 aromatic heterocycles. The van der Waals surface area contributed by atoms with Crippen molar-refractivity contribution in [2.45, 2.75) is 12.5 Å². The Morgan fingerprint density at radius 2 is 2.11 bits per heavy atom. The first-order chi connectivity index (χ1) is 9.05. The molecule has 1 unspecified atom stereocenters. The summed E-state index contributed by atoms with van der Waals surface area (Å²) in [5.41, 5.74) is 0.357. The van der Waals surface area contributed by atoms with Crippen LogP contribution in [0.4, 0.5) is 0 Å². The molecule has 5 nitrogen and oxygen atoms in total. The van der Waals surface area contributed by atoms with Gasteiger partial charge in [-0.1, -0.05) is 30.3 Å². The van der Waals surface area contributed by atoms with E-state index in [2.05, 4.69) is 10.3 Å². The van der Waals surface area contributed by atoms with Gasteiger partial charge in [0.2, 0.25) is 0 Å². The summed E-state index contributed by atoms with van der Waals surface area (Å²) in [6.07, 6.45) is 3.20. The fourth-order valence-corrected chi connectivity index (χ4v) is 1.85. The minimum Gasteiger partial charge on any atom is -0.394 e. The van der Waals surface area contributed by atoms with Gasteiger partial charge >= 0.3 is 0 Å². The maximum absolute atomic E-state index is 12.1. The predicted octanol–water partition coefficient (Wildman–Crippen LogP) is 1.06. The molecule has 2 N–H and O–H groups in total. The van der Waals surface area contributed by atoms with Gasteiger partial charge in [0, 0.05) is 13.2 Å². The minimum absolute atomic E-state index is 0.185. The highest BCUT2D eigenvalue weighted by Gasteiger charge is 2.28. The third kappa shape index (κ3) is 2.82. The summed E-state index contributed by atoms with van der Waals surface area (Å²) in [7, 11) is 1.80. The summed E-state index contributed by atoms with van der Waals surface area (Å²) in [5.74, 6) is -0.305. The molecule has 2 aromatic rings. The van der Waals surface area contributed by atoms with Crippen molar-refractivity contribution in [3.05, 3.63) is 54.1 Å². The van der Waals surface area contributed by atoms with Crippen molar-refractivity contribution >= 4 is 5.91 Å². The summed E-state index contributed by atoms with van der Waals surface area (Å²) >= 11 is 0. The monoisotopic (exact) mass is 259 g/mol. The van der Waals surface area contributed by atoms with Gasteiger partial charge in [0.15, 0.2) is 0 Å². The van der Waals surface area contributed by atoms with E-state index in [1.165, 1.54) is 0 Å². The Labute approximate surface area is 111 Å². The van der Waals surface area contributed by atoms with Crippen molar-refractivity contribution in [3.8, 4) is 0 Å². The molecule has 0 saturated carbocycles. The van der Waals surface area contributed by atoms with E-state index in [-0.39, 0.29) is 12.5 Å². The summed E-state index contributed by atoms with van der Waals surface area (Å²) in [4.78, 5) is 16.1. The largest absolute Gasteiger partial charge is 0.394 e. The quantitative estimate of drug-likeness (QED) is 0.862. The van der Waals surface area contributed by atoms with Gasteiger partial charge in [-0.15, -0.1) is 0 Å². The number of hydrogen-bond acceptors (Lipinski definition) is 3. The fraction of sp³-hybridized carbons (Fsp3) is 0.286. The second-order valence-electron chi connectivity index (χ2n) is 4.73. The molecule has 2 rings (SSSR count). The van der Waals surface area contributed by atoms with E-state index in [9.17, 15) is 9.90 Å². The zero-order valence-electron chi connectivity index (χ0n) is 11.0. The zero-order valence-corrected chi connectivity index (χ0v) is 11.0. The molecule has 0 radical (unpaired) electrons. The Morgan fingerprint density at radius 3 is 2.63 bits per heavy atom. The molecule has 1 amide bonds. The molecule has 0 aliphatic rings. The number of nitrogens with zero attached hydrogens (tertiary/aromatic N) is 2. The summed E-state index contributed by atoms with van der Waals surface area (Å²) in [5, 5.41) is 12.4. The Kier molecular flexibility index (Phi) is 3.66. The number of nitrogens with one attached hydrogen (secondary N) is 1. The van der Waals surface area contributed by atoms with Crippen LogP contribution in [0.15, 0.2) is 42.9 Å². The van der Waals surface area contributed by atoms with E-state index in [0.29, 0.717) is 5.69 Å². The van der Waals surface area contributed by atoms with Crippen LogP contribution < -0.4 is 5.32 Å². The van der Waals surface area contributed by atoms with Gasteiger partial charge in [0.05, 0.1) is 18.5 Å². The van der Waals surface area contributed by atoms with E-state index < -0.39 is 5.54 Å². The Hall–Kier alpha value is -2.14. The van der Waals surface area contributed by atoms with Gasteiger partial charge in [-0.25, -0.2) is 4.98 Å². The number of aromatic nitrogens is 2. The van der Waals surface area contributed by atoms with Crippen molar-refractivity contribution in [2.24, 2.45) is 7.05 Å². The summed E-state index contributed by atoms with van der Waals surface area (Å²) < 4.78 is 1.70. The van der Waals surface area contributed by atoms with Crippen LogP contribution in [0.2, 0.25) is 0 Å². The molecule has 5 heteroatoms. The summed E-state index contributed by atoms with van der Waals surface area (Å²) in [6.45, 7) is 1.60. The first-order valence-corrected chi connectivity index (χ1v) is 6.02. The van der Waals surface area contributed by atoms with Crippen molar-refractivity contribution in [1.82, 2.24) is 14.9 Å². The average Bonchev–Trinajstić information content (AvgIpc) is 2.86. The van der Waals surface area contributed by atoms with Crippen LogP contribution in [0.1, 0.15) is 23.0 Å². The number of aliphatic hydroxyl groups excluding tert-OH is 1. The Bertz CT molecular complexity index is 565. The van der Waals surface area contributed by atoms with Crippen LogP contribution in [0, 0.1) is 0 Å². The van der Waals surface area contributed by atoms with Crippen LogP contribution in [0.5, 0.6) is 0 Å². The van der Waals surface area contributed by atoms with E-state index >= 15 is 0 Å². The lowest BCUT2D eigenvalue weighted by atomic mass is 9.93. The Morgan fingerprint density at radius 1 is 1.42 bits per heavy atom. The number of aliphatic hydroxyl groups is 1. The number of benzene rings is 1. The number of imidazole rings is 1. The minimum atomic E-state index is -0.824. The summed E-state index contributed by atoms with van der Waals surface area (Å²) in [6, 6.07) is 9.37. The van der Waals surface area contributed by atoms with Crippen LogP contribution in [0.3, 0.4) is 0 Å². The van der Waals surface area contributed by atoms with Crippen molar-refractivity contribution in [1.29, 1.82) is 0 Å². The lowest BCUT2D eigenvalue weighted by Gasteiger charge is -2.29. The van der Waals surface area contributed by atoms with Gasteiger partial charge in [0.25, 0.3) is 5.91 Å². The lowest BCUT2D eigenvalue weighted by Crippen LogP contribution is -2.46. The molecule has 0 aliphatic heterocycles. The standard InChI is InChI=1S/C14H17N3O2/c1-14(9-18,11-6-4-3-5-7-11)16-13(19)12-8-17(2)10-15-12/h3-8,10,18H,9H2,1-2H3,(H,16,19). The molecule has 0 aliphatic carbocycles. The van der Waals surface area contributed by atoms with Gasteiger partial charge in [-0.05, 0) is 12.5 Å². The molecule has 1 aromatic carbocycles. The molecule has 0 fully saturated rings. The average molecular weight is 259 g/mol. The number of rotatable bonds is 4. The van der Waals surface area contributed by atoms with Crippen molar-refractivity contribution in [3.63, 3.8) is 0 Å². The number of hydrogen-bond donors (Lipinski definition) is 2. The van der Waals surface area contributed by atoms with E-state index in [0.717, 1.165) is 5.56 Å². The lowest BCUT2D eigenvalue weighted by molar-refractivity contribution is 0.0845. The molecule has 0 saturated heterocycles. The fourth-order valence-electron chi connectivity index (χ4n) is 1.85. The third-order valence-corrected chi connectivity index (χ3v) is 3.05. The van der Waals surface area contributed by atoms with Crippen LogP contribution in [0.25, 0.3) is 0 Å².